The smallest absolute Gasteiger partial charge is 0.200 e. The van der Waals surface area contributed by atoms with Crippen LogP contribution in [0.2, 0.25) is 0 Å². The lowest BCUT2D eigenvalue weighted by Gasteiger charge is -2.19. The van der Waals surface area contributed by atoms with Gasteiger partial charge in [-0.15, -0.1) is 0 Å². The first-order valence-electron chi connectivity index (χ1n) is 7.72. The number of hydrogen-bond acceptors (Lipinski definition) is 5. The van der Waals surface area contributed by atoms with Crippen molar-refractivity contribution in [3.05, 3.63) is 51.9 Å². The highest BCUT2D eigenvalue weighted by molar-refractivity contribution is 5.86. The van der Waals surface area contributed by atoms with E-state index in [1.54, 1.807) is 32.0 Å². The Labute approximate surface area is 138 Å². The Morgan fingerprint density at radius 1 is 1.00 bits per heavy atom. The quantitative estimate of drug-likeness (QED) is 0.741. The second kappa shape index (κ2) is 5.30. The van der Waals surface area contributed by atoms with Gasteiger partial charge in [0, 0.05) is 5.56 Å². The van der Waals surface area contributed by atoms with E-state index in [1.807, 2.05) is 6.07 Å². The molecule has 2 aromatic carbocycles. The van der Waals surface area contributed by atoms with Crippen molar-refractivity contribution in [2.45, 2.75) is 13.8 Å². The maximum absolute atomic E-state index is 13.0. The number of phenolic OH excluding ortho intramolecular Hbond substituents is 1. The van der Waals surface area contributed by atoms with Gasteiger partial charge in [-0.2, -0.15) is 0 Å². The lowest BCUT2D eigenvalue weighted by molar-refractivity contribution is 0.171. The molecule has 3 aromatic rings. The molecule has 2 heterocycles. The van der Waals surface area contributed by atoms with Gasteiger partial charge in [0.15, 0.2) is 11.5 Å². The molecule has 0 amide bonds. The summed E-state index contributed by atoms with van der Waals surface area (Å²) in [6.07, 6.45) is 0. The molecule has 1 N–H and O–H groups in total. The molecule has 0 unspecified atom stereocenters. The summed E-state index contributed by atoms with van der Waals surface area (Å²) in [5, 5.41) is 10.3. The molecule has 122 valence electrons. The fourth-order valence-corrected chi connectivity index (χ4v) is 3.02. The molecule has 0 atom stereocenters. The standard InChI is InChI=1S/C19H16O5/c1-10-14(20)5-4-13-18(21)17(11(2)24-19(10)13)12-3-6-15-16(9-12)23-8-7-22-15/h3-6,9,20H,7-8H2,1-2H3. The minimum absolute atomic E-state index is 0.108. The highest BCUT2D eigenvalue weighted by Gasteiger charge is 2.19. The van der Waals surface area contributed by atoms with Gasteiger partial charge in [0.1, 0.15) is 30.3 Å². The summed E-state index contributed by atoms with van der Waals surface area (Å²) in [7, 11) is 0. The molecule has 5 heteroatoms. The first-order chi connectivity index (χ1) is 11.6. The summed E-state index contributed by atoms with van der Waals surface area (Å²) < 4.78 is 17.0. The molecule has 4 rings (SSSR count). The van der Waals surface area contributed by atoms with E-state index in [4.69, 9.17) is 13.9 Å². The van der Waals surface area contributed by atoms with E-state index in [0.29, 0.717) is 52.6 Å². The van der Waals surface area contributed by atoms with E-state index in [1.165, 1.54) is 6.07 Å². The van der Waals surface area contributed by atoms with Gasteiger partial charge in [0.2, 0.25) is 5.43 Å². The van der Waals surface area contributed by atoms with Crippen LogP contribution in [0.5, 0.6) is 17.2 Å². The fourth-order valence-electron chi connectivity index (χ4n) is 3.02. The third-order valence-corrected chi connectivity index (χ3v) is 4.29. The molecule has 0 radical (unpaired) electrons. The van der Waals surface area contributed by atoms with Gasteiger partial charge >= 0.3 is 0 Å². The van der Waals surface area contributed by atoms with Crippen molar-refractivity contribution in [2.75, 3.05) is 13.2 Å². The van der Waals surface area contributed by atoms with Crippen molar-refractivity contribution in [2.24, 2.45) is 0 Å². The van der Waals surface area contributed by atoms with Gasteiger partial charge in [0.25, 0.3) is 0 Å². The summed E-state index contributed by atoms with van der Waals surface area (Å²) in [4.78, 5) is 13.0. The van der Waals surface area contributed by atoms with E-state index in [0.717, 1.165) is 5.56 Å². The largest absolute Gasteiger partial charge is 0.508 e. The van der Waals surface area contributed by atoms with Crippen molar-refractivity contribution < 1.29 is 19.0 Å². The number of hydrogen-bond donors (Lipinski definition) is 1. The van der Waals surface area contributed by atoms with Gasteiger partial charge in [-0.3, -0.25) is 4.79 Å². The van der Waals surface area contributed by atoms with Gasteiger partial charge in [-0.05, 0) is 43.7 Å². The summed E-state index contributed by atoms with van der Waals surface area (Å²) in [5.74, 6) is 1.91. The van der Waals surface area contributed by atoms with Crippen molar-refractivity contribution >= 4 is 11.0 Å². The molecule has 1 aromatic heterocycles. The average Bonchev–Trinajstić information content (AvgIpc) is 2.58. The molecular weight excluding hydrogens is 308 g/mol. The Morgan fingerprint density at radius 2 is 1.75 bits per heavy atom. The van der Waals surface area contributed by atoms with Crippen molar-refractivity contribution in [3.8, 4) is 28.4 Å². The number of aryl methyl sites for hydroxylation is 2. The predicted molar refractivity (Wildman–Crippen MR) is 90.0 cm³/mol. The molecule has 0 saturated heterocycles. The van der Waals surface area contributed by atoms with E-state index in [2.05, 4.69) is 0 Å². The second-order valence-electron chi connectivity index (χ2n) is 5.81. The number of aromatic hydroxyl groups is 1. The van der Waals surface area contributed by atoms with Crippen LogP contribution in [0.25, 0.3) is 22.1 Å². The molecule has 0 fully saturated rings. The Balaban J connectivity index is 1.97. The zero-order valence-corrected chi connectivity index (χ0v) is 13.4. The molecule has 0 spiro atoms. The summed E-state index contributed by atoms with van der Waals surface area (Å²) in [5.41, 5.74) is 2.05. The molecule has 1 aliphatic heterocycles. The molecule has 24 heavy (non-hydrogen) atoms. The van der Waals surface area contributed by atoms with E-state index < -0.39 is 0 Å². The minimum Gasteiger partial charge on any atom is -0.508 e. The zero-order valence-electron chi connectivity index (χ0n) is 13.4. The van der Waals surface area contributed by atoms with E-state index in [-0.39, 0.29) is 11.2 Å². The van der Waals surface area contributed by atoms with Crippen LogP contribution in [0.4, 0.5) is 0 Å². The Bertz CT molecular complexity index is 1020. The zero-order chi connectivity index (χ0) is 16.8. The molecule has 0 aliphatic carbocycles. The maximum Gasteiger partial charge on any atom is 0.200 e. The Morgan fingerprint density at radius 3 is 2.54 bits per heavy atom. The van der Waals surface area contributed by atoms with Crippen LogP contribution < -0.4 is 14.9 Å². The second-order valence-corrected chi connectivity index (χ2v) is 5.81. The predicted octanol–water partition coefficient (Wildman–Crippen LogP) is 3.55. The lowest BCUT2D eigenvalue weighted by Crippen LogP contribution is -2.15. The van der Waals surface area contributed by atoms with Crippen molar-refractivity contribution in [1.29, 1.82) is 0 Å². The van der Waals surface area contributed by atoms with Crippen molar-refractivity contribution in [3.63, 3.8) is 0 Å². The third kappa shape index (κ3) is 2.12. The van der Waals surface area contributed by atoms with Gasteiger partial charge in [-0.25, -0.2) is 0 Å². The lowest BCUT2D eigenvalue weighted by atomic mass is 10.0. The molecule has 0 bridgehead atoms. The third-order valence-electron chi connectivity index (χ3n) is 4.29. The monoisotopic (exact) mass is 324 g/mol. The molecule has 0 saturated carbocycles. The fraction of sp³-hybridized carbons (Fsp3) is 0.211. The Hall–Kier alpha value is -2.95. The molecule has 5 nitrogen and oxygen atoms in total. The SMILES string of the molecule is Cc1oc2c(C)c(O)ccc2c(=O)c1-c1ccc2c(c1)OCCO2. The average molecular weight is 324 g/mol. The summed E-state index contributed by atoms with van der Waals surface area (Å²) in [6.45, 7) is 4.48. The highest BCUT2D eigenvalue weighted by atomic mass is 16.6. The van der Waals surface area contributed by atoms with E-state index >= 15 is 0 Å². The highest BCUT2D eigenvalue weighted by Crippen LogP contribution is 2.36. The number of fused-ring (bicyclic) bond motifs is 2. The van der Waals surface area contributed by atoms with Crippen LogP contribution in [0.1, 0.15) is 11.3 Å². The first-order valence-corrected chi connectivity index (χ1v) is 7.72. The molecular formula is C19H16O5. The van der Waals surface area contributed by atoms with Crippen LogP contribution in [0.3, 0.4) is 0 Å². The summed E-state index contributed by atoms with van der Waals surface area (Å²) >= 11 is 0. The summed E-state index contributed by atoms with van der Waals surface area (Å²) in [6, 6.07) is 8.52. The number of ether oxygens (including phenoxy) is 2. The van der Waals surface area contributed by atoms with Gasteiger partial charge in [0.05, 0.1) is 10.9 Å². The number of phenols is 1. The normalized spacial score (nSPS) is 13.2. The first kappa shape index (κ1) is 14.6. The number of benzene rings is 2. The van der Waals surface area contributed by atoms with Crippen LogP contribution >= 0.6 is 0 Å². The maximum atomic E-state index is 13.0. The van der Waals surface area contributed by atoms with Crippen LogP contribution in [-0.2, 0) is 0 Å². The van der Waals surface area contributed by atoms with Gasteiger partial charge in [-0.1, -0.05) is 6.07 Å². The van der Waals surface area contributed by atoms with Crippen LogP contribution in [0, 0.1) is 13.8 Å². The van der Waals surface area contributed by atoms with Crippen LogP contribution in [0.15, 0.2) is 39.5 Å². The van der Waals surface area contributed by atoms with Crippen molar-refractivity contribution in [1.82, 2.24) is 0 Å². The van der Waals surface area contributed by atoms with Gasteiger partial charge < -0.3 is 19.0 Å². The Kier molecular flexibility index (Phi) is 3.23. The van der Waals surface area contributed by atoms with E-state index in [9.17, 15) is 9.90 Å². The topological polar surface area (TPSA) is 68.9 Å². The molecule has 1 aliphatic rings. The number of rotatable bonds is 1. The minimum atomic E-state index is -0.131. The van der Waals surface area contributed by atoms with Crippen LogP contribution in [-0.4, -0.2) is 18.3 Å².